The zero-order chi connectivity index (χ0) is 15.3. The van der Waals surface area contributed by atoms with Gasteiger partial charge in [-0.1, -0.05) is 13.0 Å². The third kappa shape index (κ3) is 2.71. The van der Waals surface area contributed by atoms with Gasteiger partial charge in [0.15, 0.2) is 5.58 Å². The van der Waals surface area contributed by atoms with E-state index in [2.05, 4.69) is 51.7 Å². The molecule has 0 bridgehead atoms. The second kappa shape index (κ2) is 4.84. The maximum absolute atomic E-state index is 6.06. The lowest BCUT2D eigenvalue weighted by atomic mass is 9.79. The van der Waals surface area contributed by atoms with E-state index in [0.717, 1.165) is 42.9 Å². The summed E-state index contributed by atoms with van der Waals surface area (Å²) in [4.78, 5) is 7.33. The number of benzene rings is 1. The van der Waals surface area contributed by atoms with Crippen molar-refractivity contribution in [2.75, 3.05) is 13.1 Å². The van der Waals surface area contributed by atoms with Gasteiger partial charge in [0, 0.05) is 11.0 Å². The van der Waals surface area contributed by atoms with Gasteiger partial charge in [-0.05, 0) is 71.3 Å². The average molecular weight is 286 g/mol. The van der Waals surface area contributed by atoms with Gasteiger partial charge in [-0.3, -0.25) is 4.90 Å². The predicted octanol–water partition coefficient (Wildman–Crippen LogP) is 4.29. The fraction of sp³-hybridized carbons (Fsp3) is 0.611. The monoisotopic (exact) mass is 286 g/mol. The average Bonchev–Trinajstić information content (AvgIpc) is 2.81. The molecule has 0 spiro atoms. The lowest BCUT2D eigenvalue weighted by Gasteiger charge is -2.43. The van der Waals surface area contributed by atoms with Crippen molar-refractivity contribution < 1.29 is 4.42 Å². The summed E-state index contributed by atoms with van der Waals surface area (Å²) in [5.41, 5.74) is 3.45. The maximum atomic E-state index is 6.06. The van der Waals surface area contributed by atoms with E-state index in [9.17, 15) is 0 Å². The topological polar surface area (TPSA) is 29.3 Å². The van der Waals surface area contributed by atoms with Crippen LogP contribution in [0.2, 0.25) is 0 Å². The minimum absolute atomic E-state index is 0.0642. The second-order valence-corrected chi connectivity index (χ2v) is 7.71. The number of hydrogen-bond acceptors (Lipinski definition) is 3. The van der Waals surface area contributed by atoms with E-state index >= 15 is 0 Å². The van der Waals surface area contributed by atoms with Crippen LogP contribution < -0.4 is 0 Å². The number of hydrogen-bond donors (Lipinski definition) is 0. The first-order valence-corrected chi connectivity index (χ1v) is 7.91. The first-order valence-electron chi connectivity index (χ1n) is 7.91. The SMILES string of the molecule is Cc1ccc2oc(C3(C)CCN(C(C)(C)C)CC3)nc2c1. The highest BCUT2D eigenvalue weighted by atomic mass is 16.3. The Bertz CT molecular complexity index is 643. The number of likely N-dealkylation sites (tertiary alicyclic amines) is 1. The van der Waals surface area contributed by atoms with E-state index < -0.39 is 0 Å². The molecule has 0 amide bonds. The van der Waals surface area contributed by atoms with Crippen LogP contribution in [0.3, 0.4) is 0 Å². The Morgan fingerprint density at radius 1 is 1.19 bits per heavy atom. The van der Waals surface area contributed by atoms with Gasteiger partial charge < -0.3 is 4.42 Å². The van der Waals surface area contributed by atoms with Gasteiger partial charge in [-0.25, -0.2) is 4.98 Å². The number of nitrogens with zero attached hydrogens (tertiary/aromatic N) is 2. The predicted molar refractivity (Wildman–Crippen MR) is 86.7 cm³/mol. The third-order valence-corrected chi connectivity index (χ3v) is 4.88. The van der Waals surface area contributed by atoms with Crippen molar-refractivity contribution in [3.63, 3.8) is 0 Å². The normalized spacial score (nSPS) is 20.0. The molecule has 2 heterocycles. The van der Waals surface area contributed by atoms with E-state index in [1.165, 1.54) is 5.56 Å². The number of rotatable bonds is 1. The van der Waals surface area contributed by atoms with Gasteiger partial charge in [0.2, 0.25) is 5.89 Å². The summed E-state index contributed by atoms with van der Waals surface area (Å²) in [6, 6.07) is 6.23. The highest BCUT2D eigenvalue weighted by Gasteiger charge is 2.38. The first kappa shape index (κ1) is 14.6. The molecule has 1 aliphatic rings. The molecule has 1 saturated heterocycles. The molecule has 3 rings (SSSR count). The molecule has 0 atom stereocenters. The number of fused-ring (bicyclic) bond motifs is 1. The zero-order valence-electron chi connectivity index (χ0n) is 13.9. The van der Waals surface area contributed by atoms with E-state index in [1.807, 2.05) is 6.07 Å². The van der Waals surface area contributed by atoms with Crippen LogP contribution in [-0.4, -0.2) is 28.5 Å². The summed E-state index contributed by atoms with van der Waals surface area (Å²) < 4.78 is 6.06. The van der Waals surface area contributed by atoms with Crippen LogP contribution >= 0.6 is 0 Å². The molecule has 1 aliphatic heterocycles. The van der Waals surface area contributed by atoms with Crippen LogP contribution in [0.5, 0.6) is 0 Å². The van der Waals surface area contributed by atoms with Gasteiger partial charge in [-0.15, -0.1) is 0 Å². The van der Waals surface area contributed by atoms with Crippen LogP contribution in [0.25, 0.3) is 11.1 Å². The molecule has 114 valence electrons. The Morgan fingerprint density at radius 2 is 1.86 bits per heavy atom. The molecule has 21 heavy (non-hydrogen) atoms. The Morgan fingerprint density at radius 3 is 2.48 bits per heavy atom. The number of piperidine rings is 1. The van der Waals surface area contributed by atoms with Gasteiger partial charge in [0.05, 0.1) is 0 Å². The minimum Gasteiger partial charge on any atom is -0.440 e. The quantitative estimate of drug-likeness (QED) is 0.783. The molecular weight excluding hydrogens is 260 g/mol. The van der Waals surface area contributed by atoms with Crippen LogP contribution in [0.1, 0.15) is 52.0 Å². The van der Waals surface area contributed by atoms with Gasteiger partial charge in [-0.2, -0.15) is 0 Å². The van der Waals surface area contributed by atoms with Gasteiger partial charge in [0.25, 0.3) is 0 Å². The first-order chi connectivity index (χ1) is 9.78. The molecule has 1 fully saturated rings. The van der Waals surface area contributed by atoms with E-state index in [1.54, 1.807) is 0 Å². The van der Waals surface area contributed by atoms with E-state index in [0.29, 0.717) is 0 Å². The van der Waals surface area contributed by atoms with Crippen LogP contribution in [0, 0.1) is 6.92 Å². The summed E-state index contributed by atoms with van der Waals surface area (Å²) in [5.74, 6) is 0.914. The Hall–Kier alpha value is -1.35. The van der Waals surface area contributed by atoms with Crippen molar-refractivity contribution in [1.82, 2.24) is 9.88 Å². The van der Waals surface area contributed by atoms with Crippen molar-refractivity contribution in [1.29, 1.82) is 0 Å². The van der Waals surface area contributed by atoms with Crippen molar-refractivity contribution in [3.8, 4) is 0 Å². The minimum atomic E-state index is 0.0642. The van der Waals surface area contributed by atoms with Gasteiger partial charge in [0.1, 0.15) is 5.52 Å². The molecule has 3 nitrogen and oxygen atoms in total. The molecule has 0 aliphatic carbocycles. The summed E-state index contributed by atoms with van der Waals surface area (Å²) in [7, 11) is 0. The van der Waals surface area contributed by atoms with E-state index in [-0.39, 0.29) is 11.0 Å². The fourth-order valence-electron chi connectivity index (χ4n) is 3.18. The Balaban J connectivity index is 1.85. The van der Waals surface area contributed by atoms with Crippen molar-refractivity contribution in [2.45, 2.75) is 58.4 Å². The highest BCUT2D eigenvalue weighted by Crippen LogP contribution is 2.37. The molecule has 1 aromatic heterocycles. The Kier molecular flexibility index (Phi) is 3.36. The highest BCUT2D eigenvalue weighted by molar-refractivity contribution is 5.73. The molecule has 1 aromatic carbocycles. The standard InChI is InChI=1S/C18H26N2O/c1-13-6-7-15-14(12-13)19-16(21-15)18(5)8-10-20(11-9-18)17(2,3)4/h6-7,12H,8-11H2,1-5H3. The molecule has 3 heteroatoms. The van der Waals surface area contributed by atoms with E-state index in [4.69, 9.17) is 9.40 Å². The number of aryl methyl sites for hydroxylation is 1. The van der Waals surface area contributed by atoms with Crippen LogP contribution in [0.4, 0.5) is 0 Å². The smallest absolute Gasteiger partial charge is 0.201 e. The van der Waals surface area contributed by atoms with Crippen molar-refractivity contribution in [3.05, 3.63) is 29.7 Å². The third-order valence-electron chi connectivity index (χ3n) is 4.88. The second-order valence-electron chi connectivity index (χ2n) is 7.71. The van der Waals surface area contributed by atoms with Crippen LogP contribution in [0.15, 0.2) is 22.6 Å². The Labute approximate surface area is 127 Å². The number of oxazole rings is 1. The fourth-order valence-corrected chi connectivity index (χ4v) is 3.18. The van der Waals surface area contributed by atoms with Gasteiger partial charge >= 0.3 is 0 Å². The molecule has 0 saturated carbocycles. The number of aromatic nitrogens is 1. The summed E-state index contributed by atoms with van der Waals surface area (Å²) in [6.45, 7) is 13.5. The maximum Gasteiger partial charge on any atom is 0.201 e. The molecule has 0 radical (unpaired) electrons. The molecule has 2 aromatic rings. The summed E-state index contributed by atoms with van der Waals surface area (Å²) in [6.07, 6.45) is 2.21. The molecular formula is C18H26N2O. The molecule has 0 unspecified atom stereocenters. The zero-order valence-corrected chi connectivity index (χ0v) is 13.9. The van der Waals surface area contributed by atoms with Crippen LogP contribution in [-0.2, 0) is 5.41 Å². The lowest BCUT2D eigenvalue weighted by molar-refractivity contribution is 0.0715. The molecule has 0 N–H and O–H groups in total. The van der Waals surface area contributed by atoms with Crippen molar-refractivity contribution in [2.24, 2.45) is 0 Å². The lowest BCUT2D eigenvalue weighted by Crippen LogP contribution is -2.49. The largest absolute Gasteiger partial charge is 0.440 e. The van der Waals surface area contributed by atoms with Crippen molar-refractivity contribution >= 4 is 11.1 Å². The summed E-state index contributed by atoms with van der Waals surface area (Å²) in [5, 5.41) is 0. The summed E-state index contributed by atoms with van der Waals surface area (Å²) >= 11 is 0.